The normalized spacial score (nSPS) is 18.6. The molecule has 8 nitrogen and oxygen atoms in total. The van der Waals surface area contributed by atoms with Crippen LogP contribution >= 0.6 is 0 Å². The summed E-state index contributed by atoms with van der Waals surface area (Å²) in [4.78, 5) is 39.1. The highest BCUT2D eigenvalue weighted by Crippen LogP contribution is 2.59. The van der Waals surface area contributed by atoms with Gasteiger partial charge in [0.25, 0.3) is 11.8 Å². The van der Waals surface area contributed by atoms with Gasteiger partial charge in [0, 0.05) is 55.6 Å². The molecule has 4 aromatic rings. The lowest BCUT2D eigenvalue weighted by Crippen LogP contribution is -2.40. The summed E-state index contributed by atoms with van der Waals surface area (Å²) in [6, 6.07) is 11.4. The van der Waals surface area contributed by atoms with Gasteiger partial charge in [-0.1, -0.05) is 12.1 Å². The van der Waals surface area contributed by atoms with Crippen LogP contribution in [0.5, 0.6) is 0 Å². The van der Waals surface area contributed by atoms with Crippen molar-refractivity contribution in [2.45, 2.75) is 25.7 Å². The number of nitrogens with one attached hydrogen (secondary N) is 2. The second-order valence-electron chi connectivity index (χ2n) is 9.70. The highest BCUT2D eigenvalue weighted by Gasteiger charge is 2.54. The predicted molar refractivity (Wildman–Crippen MR) is 130 cm³/mol. The van der Waals surface area contributed by atoms with Crippen LogP contribution in [0.4, 0.5) is 0 Å². The maximum atomic E-state index is 13.1. The summed E-state index contributed by atoms with van der Waals surface area (Å²) in [5.41, 5.74) is 2.65. The van der Waals surface area contributed by atoms with Crippen molar-refractivity contribution in [2.75, 3.05) is 19.6 Å². The number of amides is 2. The summed E-state index contributed by atoms with van der Waals surface area (Å²) >= 11 is 0. The van der Waals surface area contributed by atoms with Crippen molar-refractivity contribution in [3.8, 4) is 0 Å². The molecule has 1 saturated heterocycles. The summed E-state index contributed by atoms with van der Waals surface area (Å²) in [5.74, 6) is 1.55. The fraction of sp³-hybridized carbons (Fsp3) is 0.333. The summed E-state index contributed by atoms with van der Waals surface area (Å²) < 4.78 is 5.62. The lowest BCUT2D eigenvalue weighted by molar-refractivity contribution is 0.0668. The number of aromatic amines is 1. The number of imidazole rings is 1. The second kappa shape index (κ2) is 8.69. The number of likely N-dealkylation sites (tertiary alicyclic amines) is 1. The largest absolute Gasteiger partial charge is 0.449 e. The maximum absolute atomic E-state index is 13.1. The topological polar surface area (TPSA) is 104 Å². The molecule has 4 heterocycles. The van der Waals surface area contributed by atoms with E-state index in [1.54, 1.807) is 30.9 Å². The van der Waals surface area contributed by atoms with Crippen LogP contribution in [0.15, 0.2) is 65.6 Å². The monoisotopic (exact) mass is 469 g/mol. The van der Waals surface area contributed by atoms with E-state index in [1.165, 1.54) is 0 Å². The van der Waals surface area contributed by atoms with Crippen molar-refractivity contribution in [1.82, 2.24) is 25.2 Å². The fourth-order valence-electron chi connectivity index (χ4n) is 5.37. The third kappa shape index (κ3) is 4.32. The van der Waals surface area contributed by atoms with Crippen molar-refractivity contribution in [3.63, 3.8) is 0 Å². The molecule has 8 heteroatoms. The van der Waals surface area contributed by atoms with Gasteiger partial charge in [-0.25, -0.2) is 4.98 Å². The number of carbonyl (C=O) groups excluding carboxylic acids is 2. The first-order chi connectivity index (χ1) is 17.1. The number of piperidine rings is 1. The van der Waals surface area contributed by atoms with Gasteiger partial charge in [-0.3, -0.25) is 14.6 Å². The Hall–Kier alpha value is -3.94. The van der Waals surface area contributed by atoms with Crippen molar-refractivity contribution in [3.05, 3.63) is 83.9 Å². The number of rotatable bonds is 6. The van der Waals surface area contributed by atoms with Gasteiger partial charge in [0.05, 0.1) is 6.20 Å². The van der Waals surface area contributed by atoms with Gasteiger partial charge >= 0.3 is 0 Å². The van der Waals surface area contributed by atoms with Crippen LogP contribution in [0.3, 0.4) is 0 Å². The molecule has 1 spiro atoms. The maximum Gasteiger partial charge on any atom is 0.287 e. The van der Waals surface area contributed by atoms with Crippen LogP contribution in [0.2, 0.25) is 0 Å². The highest BCUT2D eigenvalue weighted by molar-refractivity contribution is 5.96. The van der Waals surface area contributed by atoms with Gasteiger partial charge in [-0.05, 0) is 60.4 Å². The van der Waals surface area contributed by atoms with Crippen LogP contribution in [0, 0.1) is 11.3 Å². The van der Waals surface area contributed by atoms with Crippen LogP contribution in [0.1, 0.15) is 51.6 Å². The molecule has 0 bridgehead atoms. The summed E-state index contributed by atoms with van der Waals surface area (Å²) in [6.07, 6.45) is 10.6. The third-order valence-corrected chi connectivity index (χ3v) is 7.56. The van der Waals surface area contributed by atoms with E-state index in [9.17, 15) is 9.59 Å². The average molecular weight is 470 g/mol. The molecule has 178 valence electrons. The minimum absolute atomic E-state index is 0.0889. The Bertz CT molecular complexity index is 1340. The van der Waals surface area contributed by atoms with E-state index in [-0.39, 0.29) is 17.2 Å². The number of aromatic nitrogens is 3. The number of fused-ring (bicyclic) bond motifs is 1. The summed E-state index contributed by atoms with van der Waals surface area (Å²) in [5, 5.41) is 3.91. The SMILES string of the molecule is O=C(NCC1CC12CCN(C(=O)c1cccc(Cc3ncc[nH]3)c1)CC2)c1cc2ccncc2o1. The number of H-pyrrole nitrogens is 1. The van der Waals surface area contributed by atoms with Gasteiger partial charge in [0.1, 0.15) is 5.82 Å². The zero-order chi connectivity index (χ0) is 23.8. The molecule has 35 heavy (non-hydrogen) atoms. The van der Waals surface area contributed by atoms with Crippen LogP contribution in [0.25, 0.3) is 11.0 Å². The lowest BCUT2D eigenvalue weighted by atomic mass is 9.90. The molecule has 2 fully saturated rings. The first-order valence-electron chi connectivity index (χ1n) is 12.1. The zero-order valence-corrected chi connectivity index (χ0v) is 19.4. The fourth-order valence-corrected chi connectivity index (χ4v) is 5.37. The number of nitrogens with zero attached hydrogens (tertiary/aromatic N) is 3. The predicted octanol–water partition coefficient (Wildman–Crippen LogP) is 3.81. The van der Waals surface area contributed by atoms with E-state index in [1.807, 2.05) is 35.2 Å². The number of hydrogen-bond acceptors (Lipinski definition) is 5. The van der Waals surface area contributed by atoms with E-state index < -0.39 is 0 Å². The average Bonchev–Trinajstić information content (AvgIpc) is 3.23. The summed E-state index contributed by atoms with van der Waals surface area (Å²) in [6.45, 7) is 2.14. The minimum Gasteiger partial charge on any atom is -0.449 e. The van der Waals surface area contributed by atoms with Crippen molar-refractivity contribution in [1.29, 1.82) is 0 Å². The third-order valence-electron chi connectivity index (χ3n) is 7.56. The molecule has 1 aromatic carbocycles. The lowest BCUT2D eigenvalue weighted by Gasteiger charge is -2.33. The number of benzene rings is 1. The Labute approximate surface area is 202 Å². The Kier molecular flexibility index (Phi) is 5.36. The Morgan fingerprint density at radius 2 is 2.06 bits per heavy atom. The van der Waals surface area contributed by atoms with E-state index in [0.29, 0.717) is 30.2 Å². The molecule has 1 atom stereocenters. The first kappa shape index (κ1) is 21.6. The van der Waals surface area contributed by atoms with Gasteiger partial charge in [-0.2, -0.15) is 0 Å². The first-order valence-corrected chi connectivity index (χ1v) is 12.1. The highest BCUT2D eigenvalue weighted by atomic mass is 16.3. The molecule has 0 radical (unpaired) electrons. The Morgan fingerprint density at radius 3 is 2.86 bits per heavy atom. The molecule has 1 aliphatic heterocycles. The van der Waals surface area contributed by atoms with E-state index in [0.717, 1.165) is 54.7 Å². The molecule has 3 aromatic heterocycles. The number of furan rings is 1. The minimum atomic E-state index is -0.190. The van der Waals surface area contributed by atoms with E-state index in [4.69, 9.17) is 4.42 Å². The molecule has 1 unspecified atom stereocenters. The smallest absolute Gasteiger partial charge is 0.287 e. The van der Waals surface area contributed by atoms with Crippen LogP contribution in [-0.2, 0) is 6.42 Å². The molecule has 2 amide bonds. The molecule has 1 aliphatic carbocycles. The van der Waals surface area contributed by atoms with Gasteiger partial charge < -0.3 is 19.6 Å². The standard InChI is InChI=1S/C27H27N5O3/c33-25(22-14-19-4-7-28-17-23(19)35-22)31-16-21-15-27(21)5-10-32(11-6-27)26(34)20-3-1-2-18(12-20)13-24-29-8-9-30-24/h1-4,7-9,12,14,17,21H,5-6,10-11,13,15-16H2,(H,29,30)(H,31,33). The van der Waals surface area contributed by atoms with Crippen LogP contribution in [-0.4, -0.2) is 51.3 Å². The molecular formula is C27H27N5O3. The van der Waals surface area contributed by atoms with Crippen molar-refractivity contribution < 1.29 is 14.0 Å². The van der Waals surface area contributed by atoms with Gasteiger partial charge in [0.15, 0.2) is 11.3 Å². The van der Waals surface area contributed by atoms with Crippen molar-refractivity contribution in [2.24, 2.45) is 11.3 Å². The summed E-state index contributed by atoms with van der Waals surface area (Å²) in [7, 11) is 0. The second-order valence-corrected chi connectivity index (χ2v) is 9.70. The molecule has 2 N–H and O–H groups in total. The quantitative estimate of drug-likeness (QED) is 0.447. The van der Waals surface area contributed by atoms with E-state index >= 15 is 0 Å². The van der Waals surface area contributed by atoms with Crippen LogP contribution < -0.4 is 5.32 Å². The molecule has 2 aliphatic rings. The Balaban J connectivity index is 1.01. The number of carbonyl (C=O) groups is 2. The zero-order valence-electron chi connectivity index (χ0n) is 19.4. The van der Waals surface area contributed by atoms with E-state index in [2.05, 4.69) is 20.3 Å². The molecule has 1 saturated carbocycles. The molecule has 6 rings (SSSR count). The van der Waals surface area contributed by atoms with Gasteiger partial charge in [0.2, 0.25) is 0 Å². The van der Waals surface area contributed by atoms with Gasteiger partial charge in [-0.15, -0.1) is 0 Å². The number of pyridine rings is 1. The van der Waals surface area contributed by atoms with Crippen molar-refractivity contribution >= 4 is 22.8 Å². The number of hydrogen-bond donors (Lipinski definition) is 2. The Morgan fingerprint density at radius 1 is 1.17 bits per heavy atom. The molecular weight excluding hydrogens is 442 g/mol.